The zero-order chi connectivity index (χ0) is 17.1. The van der Waals surface area contributed by atoms with E-state index in [1.54, 1.807) is 24.3 Å². The average molecular weight is 325 g/mol. The van der Waals surface area contributed by atoms with E-state index in [1.165, 1.54) is 12.1 Å². The highest BCUT2D eigenvalue weighted by atomic mass is 19.1. The largest absolute Gasteiger partial charge is 0.423 e. The molecule has 122 valence electrons. The van der Waals surface area contributed by atoms with Crippen LogP contribution in [0.1, 0.15) is 33.9 Å². The number of hydrogen-bond donors (Lipinski definition) is 1. The molecule has 0 spiro atoms. The zero-order valence-electron chi connectivity index (χ0n) is 12.9. The summed E-state index contributed by atoms with van der Waals surface area (Å²) >= 11 is 0. The second kappa shape index (κ2) is 6.66. The van der Waals surface area contributed by atoms with Crippen molar-refractivity contribution in [2.24, 2.45) is 0 Å². The molecule has 0 aromatic heterocycles. The fraction of sp³-hybridized carbons (Fsp3) is 0.158. The topological polar surface area (TPSA) is 55.4 Å². The van der Waals surface area contributed by atoms with E-state index in [9.17, 15) is 14.0 Å². The molecule has 0 saturated carbocycles. The van der Waals surface area contributed by atoms with Crippen LogP contribution in [-0.2, 0) is 11.2 Å². The van der Waals surface area contributed by atoms with E-state index < -0.39 is 17.7 Å². The third-order valence-corrected chi connectivity index (χ3v) is 4.00. The van der Waals surface area contributed by atoms with Crippen molar-refractivity contribution < 1.29 is 18.7 Å². The van der Waals surface area contributed by atoms with Crippen LogP contribution >= 0.6 is 0 Å². The first-order chi connectivity index (χ1) is 11.6. The van der Waals surface area contributed by atoms with Gasteiger partial charge < -0.3 is 10.1 Å². The Hall–Kier alpha value is -2.95. The van der Waals surface area contributed by atoms with Gasteiger partial charge in [0.1, 0.15) is 11.6 Å². The first-order valence-corrected chi connectivity index (χ1v) is 7.61. The highest BCUT2D eigenvalue weighted by Gasteiger charge is 2.25. The lowest BCUT2D eigenvalue weighted by Gasteiger charge is -2.15. The van der Waals surface area contributed by atoms with E-state index in [1.807, 2.05) is 6.07 Å². The van der Waals surface area contributed by atoms with Crippen molar-refractivity contribution in [3.05, 3.63) is 77.6 Å². The van der Waals surface area contributed by atoms with Gasteiger partial charge in [-0.3, -0.25) is 4.79 Å². The molecule has 0 radical (unpaired) electrons. The first-order valence-electron chi connectivity index (χ1n) is 7.61. The Labute approximate surface area is 138 Å². The molecule has 3 rings (SSSR count). The average Bonchev–Trinajstić information content (AvgIpc) is 2.97. The van der Waals surface area contributed by atoms with Crippen molar-refractivity contribution in [1.82, 2.24) is 5.32 Å². The van der Waals surface area contributed by atoms with Gasteiger partial charge in [-0.15, -0.1) is 0 Å². The Morgan fingerprint density at radius 3 is 2.79 bits per heavy atom. The fourth-order valence-corrected chi connectivity index (χ4v) is 2.85. The SMILES string of the molecule is C=CC(=O)Oc1ccc2c(c1)CCC2NC(=O)c1ccccc1F. The van der Waals surface area contributed by atoms with E-state index in [0.29, 0.717) is 12.2 Å². The second-order valence-corrected chi connectivity index (χ2v) is 5.53. The fourth-order valence-electron chi connectivity index (χ4n) is 2.85. The summed E-state index contributed by atoms with van der Waals surface area (Å²) in [6, 6.07) is 11.0. The van der Waals surface area contributed by atoms with E-state index in [0.717, 1.165) is 23.6 Å². The van der Waals surface area contributed by atoms with Crippen LogP contribution in [0.25, 0.3) is 0 Å². The number of fused-ring (bicyclic) bond motifs is 1. The number of nitrogens with one attached hydrogen (secondary N) is 1. The van der Waals surface area contributed by atoms with Gasteiger partial charge in [0, 0.05) is 6.08 Å². The van der Waals surface area contributed by atoms with E-state index in [4.69, 9.17) is 4.74 Å². The molecule has 4 nitrogen and oxygen atoms in total. The van der Waals surface area contributed by atoms with E-state index >= 15 is 0 Å². The predicted octanol–water partition coefficient (Wildman–Crippen LogP) is 3.33. The second-order valence-electron chi connectivity index (χ2n) is 5.53. The van der Waals surface area contributed by atoms with Crippen LogP contribution in [0.2, 0.25) is 0 Å². The molecule has 2 aromatic rings. The molecule has 0 aliphatic heterocycles. The van der Waals surface area contributed by atoms with Crippen molar-refractivity contribution in [3.8, 4) is 5.75 Å². The van der Waals surface area contributed by atoms with Crippen LogP contribution in [0.3, 0.4) is 0 Å². The Morgan fingerprint density at radius 2 is 2.04 bits per heavy atom. The summed E-state index contributed by atoms with van der Waals surface area (Å²) in [5.74, 6) is -1.05. The van der Waals surface area contributed by atoms with Gasteiger partial charge in [-0.05, 0) is 48.2 Å². The maximum absolute atomic E-state index is 13.7. The van der Waals surface area contributed by atoms with Gasteiger partial charge >= 0.3 is 5.97 Å². The van der Waals surface area contributed by atoms with Gasteiger partial charge in [0.25, 0.3) is 5.91 Å². The molecular formula is C19H16FNO3. The van der Waals surface area contributed by atoms with Crippen LogP contribution in [-0.4, -0.2) is 11.9 Å². The lowest BCUT2D eigenvalue weighted by atomic mass is 10.1. The van der Waals surface area contributed by atoms with Crippen LogP contribution in [0.4, 0.5) is 4.39 Å². The highest BCUT2D eigenvalue weighted by molar-refractivity contribution is 5.94. The summed E-state index contributed by atoms with van der Waals surface area (Å²) in [6.45, 7) is 3.36. The monoisotopic (exact) mass is 325 g/mol. The molecule has 1 atom stereocenters. The number of esters is 1. The van der Waals surface area contributed by atoms with Gasteiger partial charge in [0.15, 0.2) is 0 Å². The minimum absolute atomic E-state index is 0.0301. The molecule has 5 heteroatoms. The Morgan fingerprint density at radius 1 is 1.25 bits per heavy atom. The number of benzene rings is 2. The summed E-state index contributed by atoms with van der Waals surface area (Å²) in [4.78, 5) is 23.5. The number of aryl methyl sites for hydroxylation is 1. The summed E-state index contributed by atoms with van der Waals surface area (Å²) < 4.78 is 18.8. The standard InChI is InChI=1S/C19H16FNO3/c1-2-18(22)24-13-8-9-14-12(11-13)7-10-17(14)21-19(23)15-5-3-4-6-16(15)20/h2-6,8-9,11,17H,1,7,10H2,(H,21,23). The molecule has 1 N–H and O–H groups in total. The number of carbonyl (C=O) groups excluding carboxylic acids is 2. The van der Waals surface area contributed by atoms with Gasteiger partial charge in [-0.25, -0.2) is 9.18 Å². The molecular weight excluding hydrogens is 309 g/mol. The normalized spacial score (nSPS) is 15.5. The smallest absolute Gasteiger partial charge is 0.335 e. The van der Waals surface area contributed by atoms with E-state index in [-0.39, 0.29) is 11.6 Å². The molecule has 1 unspecified atom stereocenters. The summed E-state index contributed by atoms with van der Waals surface area (Å²) in [5.41, 5.74) is 1.99. The molecule has 1 aliphatic rings. The summed E-state index contributed by atoms with van der Waals surface area (Å²) in [5, 5.41) is 2.86. The Kier molecular flexibility index (Phi) is 4.42. The maximum atomic E-state index is 13.7. The number of carbonyl (C=O) groups is 2. The van der Waals surface area contributed by atoms with Crippen LogP contribution in [0.5, 0.6) is 5.75 Å². The zero-order valence-corrected chi connectivity index (χ0v) is 12.9. The molecule has 1 aliphatic carbocycles. The number of halogens is 1. The van der Waals surface area contributed by atoms with Gasteiger partial charge in [0.05, 0.1) is 11.6 Å². The van der Waals surface area contributed by atoms with Gasteiger partial charge in [-0.1, -0.05) is 24.8 Å². The summed E-state index contributed by atoms with van der Waals surface area (Å²) in [7, 11) is 0. The third-order valence-electron chi connectivity index (χ3n) is 4.00. The van der Waals surface area contributed by atoms with E-state index in [2.05, 4.69) is 11.9 Å². The first kappa shape index (κ1) is 15.9. The molecule has 2 aromatic carbocycles. The lowest BCUT2D eigenvalue weighted by molar-refractivity contribution is -0.128. The van der Waals surface area contributed by atoms with Gasteiger partial charge in [-0.2, -0.15) is 0 Å². The maximum Gasteiger partial charge on any atom is 0.335 e. The molecule has 0 saturated heterocycles. The quantitative estimate of drug-likeness (QED) is 0.533. The number of ether oxygens (including phenoxy) is 1. The Bertz CT molecular complexity index is 816. The predicted molar refractivity (Wildman–Crippen MR) is 87.2 cm³/mol. The molecule has 0 bridgehead atoms. The van der Waals surface area contributed by atoms with Crippen molar-refractivity contribution in [2.75, 3.05) is 0 Å². The third kappa shape index (κ3) is 3.20. The van der Waals surface area contributed by atoms with Crippen molar-refractivity contribution in [2.45, 2.75) is 18.9 Å². The summed E-state index contributed by atoms with van der Waals surface area (Å²) in [6.07, 6.45) is 2.57. The molecule has 1 amide bonds. The Balaban J connectivity index is 1.75. The minimum Gasteiger partial charge on any atom is -0.423 e. The lowest BCUT2D eigenvalue weighted by Crippen LogP contribution is -2.27. The number of hydrogen-bond acceptors (Lipinski definition) is 3. The molecule has 24 heavy (non-hydrogen) atoms. The van der Waals surface area contributed by atoms with Crippen molar-refractivity contribution in [3.63, 3.8) is 0 Å². The van der Waals surface area contributed by atoms with Crippen LogP contribution in [0.15, 0.2) is 55.1 Å². The molecule has 0 heterocycles. The van der Waals surface area contributed by atoms with Gasteiger partial charge in [0.2, 0.25) is 0 Å². The minimum atomic E-state index is -0.542. The molecule has 0 fully saturated rings. The number of rotatable bonds is 4. The van der Waals surface area contributed by atoms with Crippen molar-refractivity contribution in [1.29, 1.82) is 0 Å². The highest BCUT2D eigenvalue weighted by Crippen LogP contribution is 2.33. The number of amides is 1. The van der Waals surface area contributed by atoms with Crippen molar-refractivity contribution >= 4 is 11.9 Å². The van der Waals surface area contributed by atoms with Crippen LogP contribution in [0, 0.1) is 5.82 Å². The van der Waals surface area contributed by atoms with Crippen LogP contribution < -0.4 is 10.1 Å².